The van der Waals surface area contributed by atoms with Crippen molar-refractivity contribution < 1.29 is 31.1 Å². The van der Waals surface area contributed by atoms with Crippen molar-refractivity contribution in [1.82, 2.24) is 9.21 Å². The fraction of sp³-hybridized carbons (Fsp3) is 0.350. The van der Waals surface area contributed by atoms with Gasteiger partial charge in [0, 0.05) is 26.2 Å². The zero-order valence-electron chi connectivity index (χ0n) is 16.2. The highest BCUT2D eigenvalue weighted by Crippen LogP contribution is 2.30. The van der Waals surface area contributed by atoms with Crippen LogP contribution in [-0.4, -0.2) is 55.8 Å². The second-order valence-electron chi connectivity index (χ2n) is 6.82. The van der Waals surface area contributed by atoms with Crippen LogP contribution in [0.4, 0.5) is 13.2 Å². The van der Waals surface area contributed by atoms with Crippen molar-refractivity contribution >= 4 is 15.9 Å². The van der Waals surface area contributed by atoms with E-state index in [-0.39, 0.29) is 37.0 Å². The number of carbonyl (C=O) groups is 1. The Bertz CT molecular complexity index is 971. The van der Waals surface area contributed by atoms with E-state index >= 15 is 0 Å². The van der Waals surface area contributed by atoms with Crippen molar-refractivity contribution in [3.8, 4) is 5.75 Å². The standard InChI is InChI=1S/C20H21F3N2O4S/c1-15(29-17-5-3-2-4-6-17)19(26)24-11-13-25(14-12-24)30(27,28)18-9-7-16(8-10-18)20(21,22)23/h2-10,15H,11-14H2,1H3. The number of hydrogen-bond donors (Lipinski definition) is 0. The first kappa shape index (κ1) is 22.1. The van der Waals surface area contributed by atoms with Gasteiger partial charge in [-0.05, 0) is 43.3 Å². The minimum atomic E-state index is -4.53. The summed E-state index contributed by atoms with van der Waals surface area (Å²) < 4.78 is 70.3. The van der Waals surface area contributed by atoms with E-state index < -0.39 is 27.9 Å². The summed E-state index contributed by atoms with van der Waals surface area (Å²) in [6, 6.07) is 12.3. The summed E-state index contributed by atoms with van der Waals surface area (Å²) in [6.45, 7) is 2.06. The number of halogens is 3. The summed E-state index contributed by atoms with van der Waals surface area (Å²) in [7, 11) is -3.95. The Kier molecular flexibility index (Phi) is 6.37. The van der Waals surface area contributed by atoms with Crippen molar-refractivity contribution in [3.05, 3.63) is 60.2 Å². The van der Waals surface area contributed by atoms with Gasteiger partial charge in [-0.1, -0.05) is 18.2 Å². The molecular weight excluding hydrogens is 421 g/mol. The molecule has 1 saturated heterocycles. The number of ether oxygens (including phenoxy) is 1. The number of sulfonamides is 1. The molecule has 6 nitrogen and oxygen atoms in total. The summed E-state index contributed by atoms with van der Waals surface area (Å²) in [5.41, 5.74) is -0.913. The van der Waals surface area contributed by atoms with Crippen LogP contribution in [-0.2, 0) is 21.0 Å². The van der Waals surface area contributed by atoms with E-state index in [1.807, 2.05) is 6.07 Å². The topological polar surface area (TPSA) is 66.9 Å². The lowest BCUT2D eigenvalue weighted by Crippen LogP contribution is -2.53. The molecule has 1 unspecified atom stereocenters. The summed E-state index contributed by atoms with van der Waals surface area (Å²) in [5.74, 6) is 0.298. The molecule has 0 aromatic heterocycles. The highest BCUT2D eigenvalue weighted by molar-refractivity contribution is 7.89. The zero-order valence-corrected chi connectivity index (χ0v) is 17.0. The molecule has 0 radical (unpaired) electrons. The van der Waals surface area contributed by atoms with Crippen LogP contribution < -0.4 is 4.74 Å². The number of amides is 1. The van der Waals surface area contributed by atoms with Gasteiger partial charge in [0.1, 0.15) is 5.75 Å². The lowest BCUT2D eigenvalue weighted by Gasteiger charge is -2.35. The number of rotatable bonds is 5. The molecule has 30 heavy (non-hydrogen) atoms. The Morgan fingerprint density at radius 2 is 1.53 bits per heavy atom. The van der Waals surface area contributed by atoms with Crippen LogP contribution >= 0.6 is 0 Å². The Balaban J connectivity index is 1.60. The van der Waals surface area contributed by atoms with Gasteiger partial charge in [0.15, 0.2) is 6.10 Å². The molecule has 0 N–H and O–H groups in total. The first-order chi connectivity index (χ1) is 14.1. The minimum absolute atomic E-state index is 0.0488. The highest BCUT2D eigenvalue weighted by Gasteiger charge is 2.34. The molecule has 2 aromatic rings. The Labute approximate surface area is 172 Å². The quantitative estimate of drug-likeness (QED) is 0.714. The van der Waals surface area contributed by atoms with Crippen molar-refractivity contribution in [1.29, 1.82) is 0 Å². The van der Waals surface area contributed by atoms with Gasteiger partial charge in [0.05, 0.1) is 10.5 Å². The average molecular weight is 442 g/mol. The molecule has 1 heterocycles. The van der Waals surface area contributed by atoms with E-state index in [1.54, 1.807) is 31.2 Å². The van der Waals surface area contributed by atoms with Gasteiger partial charge < -0.3 is 9.64 Å². The number of alkyl halides is 3. The van der Waals surface area contributed by atoms with Crippen LogP contribution in [0.5, 0.6) is 5.75 Å². The van der Waals surface area contributed by atoms with Gasteiger partial charge in [-0.3, -0.25) is 4.79 Å². The van der Waals surface area contributed by atoms with Gasteiger partial charge in [0.25, 0.3) is 5.91 Å². The van der Waals surface area contributed by atoms with E-state index in [9.17, 15) is 26.4 Å². The summed E-state index contributed by atoms with van der Waals surface area (Å²) in [5, 5.41) is 0. The van der Waals surface area contributed by atoms with Gasteiger partial charge in [-0.15, -0.1) is 0 Å². The fourth-order valence-electron chi connectivity index (χ4n) is 3.12. The molecule has 0 spiro atoms. The molecule has 1 aliphatic rings. The number of nitrogens with zero attached hydrogens (tertiary/aromatic N) is 2. The summed E-state index contributed by atoms with van der Waals surface area (Å²) >= 11 is 0. The molecule has 0 saturated carbocycles. The SMILES string of the molecule is CC(Oc1ccccc1)C(=O)N1CCN(S(=O)(=O)c2ccc(C(F)(F)F)cc2)CC1. The van der Waals surface area contributed by atoms with Gasteiger partial charge in [0.2, 0.25) is 10.0 Å². The molecule has 1 aliphatic heterocycles. The molecule has 10 heteroatoms. The predicted molar refractivity (Wildman–Crippen MR) is 103 cm³/mol. The monoisotopic (exact) mass is 442 g/mol. The third kappa shape index (κ3) is 4.93. The van der Waals surface area contributed by atoms with Gasteiger partial charge in [-0.2, -0.15) is 17.5 Å². The van der Waals surface area contributed by atoms with E-state index in [0.29, 0.717) is 5.75 Å². The average Bonchev–Trinajstić information content (AvgIpc) is 2.73. The third-order valence-electron chi connectivity index (χ3n) is 4.77. The number of carbonyl (C=O) groups excluding carboxylic acids is 1. The molecule has 1 atom stereocenters. The molecule has 1 amide bonds. The fourth-order valence-corrected chi connectivity index (χ4v) is 4.55. The Morgan fingerprint density at radius 1 is 0.967 bits per heavy atom. The van der Waals surface area contributed by atoms with E-state index in [0.717, 1.165) is 24.3 Å². The molecule has 0 aliphatic carbocycles. The van der Waals surface area contributed by atoms with Crippen LogP contribution in [0, 0.1) is 0 Å². The lowest BCUT2D eigenvalue weighted by atomic mass is 10.2. The molecular formula is C20H21F3N2O4S. The molecule has 1 fully saturated rings. The van der Waals surface area contributed by atoms with Crippen LogP contribution in [0.1, 0.15) is 12.5 Å². The van der Waals surface area contributed by atoms with Crippen LogP contribution in [0.3, 0.4) is 0 Å². The van der Waals surface area contributed by atoms with Crippen molar-refractivity contribution in [2.24, 2.45) is 0 Å². The molecule has 3 rings (SSSR count). The Morgan fingerprint density at radius 3 is 2.07 bits per heavy atom. The first-order valence-electron chi connectivity index (χ1n) is 9.27. The Hall–Kier alpha value is -2.59. The normalized spacial score (nSPS) is 16.9. The third-order valence-corrected chi connectivity index (χ3v) is 6.69. The van der Waals surface area contributed by atoms with Crippen LogP contribution in [0.2, 0.25) is 0 Å². The number of benzene rings is 2. The minimum Gasteiger partial charge on any atom is -0.481 e. The van der Waals surface area contributed by atoms with Crippen molar-refractivity contribution in [2.75, 3.05) is 26.2 Å². The van der Waals surface area contributed by atoms with Gasteiger partial charge in [-0.25, -0.2) is 8.42 Å². The van der Waals surface area contributed by atoms with Crippen molar-refractivity contribution in [3.63, 3.8) is 0 Å². The maximum Gasteiger partial charge on any atom is 0.416 e. The van der Waals surface area contributed by atoms with Gasteiger partial charge >= 0.3 is 6.18 Å². The maximum atomic E-state index is 12.7. The van der Waals surface area contributed by atoms with E-state index in [4.69, 9.17) is 4.74 Å². The predicted octanol–water partition coefficient (Wildman–Crippen LogP) is 3.01. The molecule has 162 valence electrons. The first-order valence-corrected chi connectivity index (χ1v) is 10.7. The largest absolute Gasteiger partial charge is 0.481 e. The van der Waals surface area contributed by atoms with E-state index in [2.05, 4.69) is 0 Å². The summed E-state index contributed by atoms with van der Waals surface area (Å²) in [4.78, 5) is 13.9. The smallest absolute Gasteiger partial charge is 0.416 e. The highest BCUT2D eigenvalue weighted by atomic mass is 32.2. The number of piperazine rings is 1. The number of para-hydroxylation sites is 1. The van der Waals surface area contributed by atoms with E-state index in [1.165, 1.54) is 9.21 Å². The molecule has 0 bridgehead atoms. The second kappa shape index (κ2) is 8.65. The lowest BCUT2D eigenvalue weighted by molar-refractivity contribution is -0.139. The second-order valence-corrected chi connectivity index (χ2v) is 8.76. The van der Waals surface area contributed by atoms with Crippen LogP contribution in [0.15, 0.2) is 59.5 Å². The zero-order chi connectivity index (χ0) is 21.9. The van der Waals surface area contributed by atoms with Crippen molar-refractivity contribution in [2.45, 2.75) is 24.1 Å². The molecule has 2 aromatic carbocycles. The maximum absolute atomic E-state index is 12.7. The summed E-state index contributed by atoms with van der Waals surface area (Å²) in [6.07, 6.45) is -5.27. The van der Waals surface area contributed by atoms with Crippen LogP contribution in [0.25, 0.3) is 0 Å². The number of hydrogen-bond acceptors (Lipinski definition) is 4.